The predicted octanol–water partition coefficient (Wildman–Crippen LogP) is 1.77. The van der Waals surface area contributed by atoms with E-state index in [-0.39, 0.29) is 6.04 Å². The van der Waals surface area contributed by atoms with Crippen molar-refractivity contribution in [3.63, 3.8) is 0 Å². The van der Waals surface area contributed by atoms with Gasteiger partial charge in [-0.15, -0.1) is 0 Å². The summed E-state index contributed by atoms with van der Waals surface area (Å²) in [5.41, 5.74) is 1.42. The summed E-state index contributed by atoms with van der Waals surface area (Å²) < 4.78 is 9.11. The number of hydrogen-bond acceptors (Lipinski definition) is 5. The standard InChI is InChI=1S/C9H13N3OS/c1-6(5-13-3)11-9-8(4-10)7(2)12-14-9/h6,11H,5H2,1-3H3. The molecule has 0 aliphatic carbocycles. The Morgan fingerprint density at radius 1 is 1.71 bits per heavy atom. The van der Waals surface area contributed by atoms with Crippen LogP contribution in [0.1, 0.15) is 18.2 Å². The van der Waals surface area contributed by atoms with Gasteiger partial charge >= 0.3 is 0 Å². The fourth-order valence-electron chi connectivity index (χ4n) is 1.12. The molecule has 0 aromatic carbocycles. The lowest BCUT2D eigenvalue weighted by molar-refractivity contribution is 0.190. The van der Waals surface area contributed by atoms with Gasteiger partial charge in [0.2, 0.25) is 0 Å². The molecule has 0 fully saturated rings. The molecular formula is C9H13N3OS. The molecule has 1 N–H and O–H groups in total. The van der Waals surface area contributed by atoms with Gasteiger partial charge in [0.1, 0.15) is 16.6 Å². The van der Waals surface area contributed by atoms with E-state index in [0.29, 0.717) is 12.2 Å². The molecule has 14 heavy (non-hydrogen) atoms. The van der Waals surface area contributed by atoms with Gasteiger partial charge in [-0.3, -0.25) is 0 Å². The molecule has 0 aliphatic rings. The molecule has 1 rings (SSSR count). The summed E-state index contributed by atoms with van der Waals surface area (Å²) in [4.78, 5) is 0. The topological polar surface area (TPSA) is 57.9 Å². The van der Waals surface area contributed by atoms with E-state index >= 15 is 0 Å². The van der Waals surface area contributed by atoms with Crippen LogP contribution < -0.4 is 5.32 Å². The Bertz CT molecular complexity index is 342. The van der Waals surface area contributed by atoms with Crippen molar-refractivity contribution >= 4 is 16.5 Å². The van der Waals surface area contributed by atoms with Crippen LogP contribution in [0, 0.1) is 18.3 Å². The number of nitrogens with one attached hydrogen (secondary N) is 1. The zero-order valence-electron chi connectivity index (χ0n) is 8.50. The Morgan fingerprint density at radius 3 is 3.00 bits per heavy atom. The van der Waals surface area contributed by atoms with Crippen LogP contribution in [0.2, 0.25) is 0 Å². The van der Waals surface area contributed by atoms with E-state index in [2.05, 4.69) is 15.8 Å². The van der Waals surface area contributed by atoms with Crippen LogP contribution in [0.4, 0.5) is 5.00 Å². The molecule has 1 aromatic heterocycles. The first-order valence-corrected chi connectivity index (χ1v) is 5.08. The minimum atomic E-state index is 0.187. The fourth-order valence-corrected chi connectivity index (χ4v) is 1.97. The Morgan fingerprint density at radius 2 is 2.43 bits per heavy atom. The van der Waals surface area contributed by atoms with Crippen molar-refractivity contribution in [1.82, 2.24) is 4.37 Å². The monoisotopic (exact) mass is 211 g/mol. The summed E-state index contributed by atoms with van der Waals surface area (Å²) in [5.74, 6) is 0. The molecular weight excluding hydrogens is 198 g/mol. The van der Waals surface area contributed by atoms with Crippen LogP contribution in [-0.2, 0) is 4.74 Å². The highest BCUT2D eigenvalue weighted by Crippen LogP contribution is 2.23. The Kier molecular flexibility index (Phi) is 3.86. The molecule has 76 valence electrons. The molecule has 0 spiro atoms. The lowest BCUT2D eigenvalue weighted by Gasteiger charge is -2.11. The second-order valence-electron chi connectivity index (χ2n) is 3.08. The van der Waals surface area contributed by atoms with Crippen molar-refractivity contribution in [3.8, 4) is 6.07 Å². The van der Waals surface area contributed by atoms with E-state index < -0.39 is 0 Å². The minimum Gasteiger partial charge on any atom is -0.383 e. The first-order valence-electron chi connectivity index (χ1n) is 4.31. The summed E-state index contributed by atoms with van der Waals surface area (Å²) >= 11 is 1.32. The van der Waals surface area contributed by atoms with E-state index in [0.717, 1.165) is 10.7 Å². The largest absolute Gasteiger partial charge is 0.383 e. The number of methoxy groups -OCH3 is 1. The van der Waals surface area contributed by atoms with E-state index in [1.807, 2.05) is 13.8 Å². The Balaban J connectivity index is 2.72. The van der Waals surface area contributed by atoms with E-state index in [4.69, 9.17) is 10.00 Å². The molecule has 5 heteroatoms. The molecule has 0 aliphatic heterocycles. The maximum absolute atomic E-state index is 8.88. The highest BCUT2D eigenvalue weighted by atomic mass is 32.1. The lowest BCUT2D eigenvalue weighted by Crippen LogP contribution is -2.20. The number of ether oxygens (including phenoxy) is 1. The van der Waals surface area contributed by atoms with Gasteiger partial charge in [0.25, 0.3) is 0 Å². The number of aryl methyl sites for hydroxylation is 1. The second-order valence-corrected chi connectivity index (χ2v) is 3.86. The Hall–Kier alpha value is -1.12. The minimum absolute atomic E-state index is 0.187. The van der Waals surface area contributed by atoms with Crippen molar-refractivity contribution in [1.29, 1.82) is 5.26 Å². The van der Waals surface area contributed by atoms with Crippen LogP contribution in [-0.4, -0.2) is 24.1 Å². The van der Waals surface area contributed by atoms with Crippen LogP contribution in [0.25, 0.3) is 0 Å². The molecule has 0 amide bonds. The smallest absolute Gasteiger partial charge is 0.128 e. The highest BCUT2D eigenvalue weighted by molar-refractivity contribution is 7.10. The molecule has 1 aromatic rings. The summed E-state index contributed by atoms with van der Waals surface area (Å²) in [6.07, 6.45) is 0. The third kappa shape index (κ3) is 2.44. The Labute approximate surface area is 87.7 Å². The number of anilines is 1. The van der Waals surface area contributed by atoms with Gasteiger partial charge in [0.05, 0.1) is 12.3 Å². The molecule has 0 bridgehead atoms. The van der Waals surface area contributed by atoms with E-state index in [9.17, 15) is 0 Å². The predicted molar refractivity (Wildman–Crippen MR) is 56.5 cm³/mol. The maximum Gasteiger partial charge on any atom is 0.128 e. The molecule has 4 nitrogen and oxygen atoms in total. The highest BCUT2D eigenvalue weighted by Gasteiger charge is 2.11. The van der Waals surface area contributed by atoms with E-state index in [1.165, 1.54) is 11.5 Å². The number of aromatic nitrogens is 1. The van der Waals surface area contributed by atoms with Gasteiger partial charge < -0.3 is 10.1 Å². The van der Waals surface area contributed by atoms with Crippen molar-refractivity contribution in [2.24, 2.45) is 0 Å². The average molecular weight is 211 g/mol. The van der Waals surface area contributed by atoms with Gasteiger partial charge in [0, 0.05) is 13.2 Å². The third-order valence-electron chi connectivity index (χ3n) is 1.77. The quantitative estimate of drug-likeness (QED) is 0.824. The molecule has 1 atom stereocenters. The average Bonchev–Trinajstić information content (AvgIpc) is 2.47. The van der Waals surface area contributed by atoms with Crippen molar-refractivity contribution in [2.45, 2.75) is 19.9 Å². The van der Waals surface area contributed by atoms with Crippen molar-refractivity contribution < 1.29 is 4.74 Å². The third-order valence-corrected chi connectivity index (χ3v) is 2.64. The van der Waals surface area contributed by atoms with Crippen LogP contribution in [0.15, 0.2) is 0 Å². The van der Waals surface area contributed by atoms with Crippen LogP contribution >= 0.6 is 11.5 Å². The zero-order valence-corrected chi connectivity index (χ0v) is 9.31. The molecule has 0 radical (unpaired) electrons. The zero-order chi connectivity index (χ0) is 10.6. The van der Waals surface area contributed by atoms with Gasteiger partial charge in [-0.25, -0.2) is 0 Å². The second kappa shape index (κ2) is 4.94. The number of nitriles is 1. The van der Waals surface area contributed by atoms with Gasteiger partial charge in [0.15, 0.2) is 0 Å². The van der Waals surface area contributed by atoms with Gasteiger partial charge in [-0.1, -0.05) is 0 Å². The lowest BCUT2D eigenvalue weighted by atomic mass is 10.2. The molecule has 1 unspecified atom stereocenters. The van der Waals surface area contributed by atoms with Crippen LogP contribution in [0.5, 0.6) is 0 Å². The number of hydrogen-bond donors (Lipinski definition) is 1. The van der Waals surface area contributed by atoms with Crippen LogP contribution in [0.3, 0.4) is 0 Å². The molecule has 0 saturated heterocycles. The number of rotatable bonds is 4. The van der Waals surface area contributed by atoms with Crippen molar-refractivity contribution in [2.75, 3.05) is 19.0 Å². The summed E-state index contributed by atoms with van der Waals surface area (Å²) in [5, 5.41) is 12.9. The SMILES string of the molecule is COCC(C)Nc1snc(C)c1C#N. The molecule has 0 saturated carbocycles. The van der Waals surface area contributed by atoms with Gasteiger partial charge in [-0.05, 0) is 25.4 Å². The normalized spacial score (nSPS) is 12.1. The van der Waals surface area contributed by atoms with Gasteiger partial charge in [-0.2, -0.15) is 9.64 Å². The summed E-state index contributed by atoms with van der Waals surface area (Å²) in [6, 6.07) is 2.32. The van der Waals surface area contributed by atoms with E-state index in [1.54, 1.807) is 7.11 Å². The summed E-state index contributed by atoms with van der Waals surface area (Å²) in [6.45, 7) is 4.45. The van der Waals surface area contributed by atoms with Crippen molar-refractivity contribution in [3.05, 3.63) is 11.3 Å². The maximum atomic E-state index is 8.88. The first kappa shape index (κ1) is 11.0. The molecule has 1 heterocycles. The summed E-state index contributed by atoms with van der Waals surface area (Å²) in [7, 11) is 1.65. The fraction of sp³-hybridized carbons (Fsp3) is 0.556. The first-order chi connectivity index (χ1) is 6.69. The number of nitrogens with zero attached hydrogens (tertiary/aromatic N) is 2.